The van der Waals surface area contributed by atoms with Crippen molar-refractivity contribution in [3.63, 3.8) is 0 Å². The Morgan fingerprint density at radius 3 is 2.28 bits per heavy atom. The molecule has 0 aliphatic heterocycles. The van der Waals surface area contributed by atoms with Gasteiger partial charge in [0.05, 0.1) is 5.56 Å². The van der Waals surface area contributed by atoms with Crippen LogP contribution in [0, 0.1) is 0 Å². The lowest BCUT2D eigenvalue weighted by Gasteiger charge is -2.03. The highest BCUT2D eigenvalue weighted by Crippen LogP contribution is 2.17. The third-order valence-corrected chi connectivity index (χ3v) is 1.87. The molecule has 0 aliphatic carbocycles. The number of benzene rings is 1. The summed E-state index contributed by atoms with van der Waals surface area (Å²) in [4.78, 5) is 23.8. The Morgan fingerprint density at radius 1 is 1.22 bits per heavy atom. The summed E-state index contributed by atoms with van der Waals surface area (Å²) in [7, 11) is 0. The molecular weight excluding hydrogens is 253 g/mol. The van der Waals surface area contributed by atoms with E-state index in [0.29, 0.717) is 0 Å². The topological polar surface area (TPSA) is 92.8 Å². The first-order valence-corrected chi connectivity index (χ1v) is 4.51. The third-order valence-electron chi connectivity index (χ3n) is 1.87. The monoisotopic (exact) mass is 260 g/mol. The van der Waals surface area contributed by atoms with Crippen molar-refractivity contribution in [1.82, 2.24) is 0 Å². The van der Waals surface area contributed by atoms with E-state index in [1.807, 2.05) is 0 Å². The van der Waals surface area contributed by atoms with Crippen molar-refractivity contribution in [3.05, 3.63) is 35.4 Å². The minimum Gasteiger partial charge on any atom is -0.478 e. The number of aliphatic imine (C=N–C) groups is 1. The van der Waals surface area contributed by atoms with Crippen LogP contribution in [-0.4, -0.2) is 29.0 Å². The molecule has 0 aromatic heterocycles. The molecule has 0 saturated heterocycles. The highest BCUT2D eigenvalue weighted by molar-refractivity contribution is 6.06. The number of amides is 1. The van der Waals surface area contributed by atoms with Crippen LogP contribution < -0.4 is 5.73 Å². The van der Waals surface area contributed by atoms with Gasteiger partial charge in [0.1, 0.15) is 5.84 Å². The molecule has 1 aromatic carbocycles. The number of amidine groups is 1. The zero-order valence-electron chi connectivity index (χ0n) is 8.73. The molecule has 1 aromatic rings. The Labute approximate surface area is 98.7 Å². The number of carboxylic acid groups (broad SMARTS) is 1. The molecule has 8 heteroatoms. The maximum atomic E-state index is 11.9. The summed E-state index contributed by atoms with van der Waals surface area (Å²) in [5.41, 5.74) is 4.95. The Morgan fingerprint density at radius 2 is 1.78 bits per heavy atom. The molecule has 0 bridgehead atoms. The summed E-state index contributed by atoms with van der Waals surface area (Å²) in [6.45, 7) is 0. The van der Waals surface area contributed by atoms with Gasteiger partial charge in [0.15, 0.2) is 0 Å². The van der Waals surface area contributed by atoms with Crippen LogP contribution in [0.25, 0.3) is 0 Å². The Kier molecular flexibility index (Phi) is 3.70. The second-order valence-corrected chi connectivity index (χ2v) is 3.19. The molecule has 3 N–H and O–H groups in total. The van der Waals surface area contributed by atoms with E-state index >= 15 is 0 Å². The number of hydrogen-bond donors (Lipinski definition) is 2. The number of alkyl halides is 3. The molecule has 1 amide bonds. The number of carbonyl (C=O) groups is 2. The average molecular weight is 260 g/mol. The minimum absolute atomic E-state index is 0.0764. The number of nitrogens with two attached hydrogens (primary N) is 1. The number of halogens is 3. The zero-order chi connectivity index (χ0) is 13.9. The normalized spacial score (nSPS) is 12.3. The third kappa shape index (κ3) is 3.30. The summed E-state index contributed by atoms with van der Waals surface area (Å²) in [5.74, 6) is -4.31. The smallest absolute Gasteiger partial charge is 0.473 e. The summed E-state index contributed by atoms with van der Waals surface area (Å²) in [6, 6.07) is 4.77. The van der Waals surface area contributed by atoms with Gasteiger partial charge in [-0.05, 0) is 12.1 Å². The average Bonchev–Trinajstić information content (AvgIpc) is 2.27. The van der Waals surface area contributed by atoms with E-state index in [4.69, 9.17) is 10.8 Å². The molecule has 18 heavy (non-hydrogen) atoms. The van der Waals surface area contributed by atoms with E-state index in [2.05, 4.69) is 4.99 Å². The largest absolute Gasteiger partial charge is 0.478 e. The van der Waals surface area contributed by atoms with E-state index in [1.165, 1.54) is 18.2 Å². The lowest BCUT2D eigenvalue weighted by atomic mass is 10.1. The van der Waals surface area contributed by atoms with Crippen LogP contribution in [0.1, 0.15) is 15.9 Å². The first-order valence-electron chi connectivity index (χ1n) is 4.51. The number of aromatic carboxylic acids is 1. The standard InChI is InChI=1S/C10H7F3N2O3/c11-10(12,13)9(18)15-7(14)5-2-1-3-6(4-5)8(16)17/h1-4H,(H,16,17)(H2,14,15,18). The zero-order valence-corrected chi connectivity index (χ0v) is 8.73. The van der Waals surface area contributed by atoms with Crippen molar-refractivity contribution >= 4 is 17.7 Å². The first-order chi connectivity index (χ1) is 8.21. The van der Waals surface area contributed by atoms with Crippen molar-refractivity contribution < 1.29 is 27.9 Å². The lowest BCUT2D eigenvalue weighted by Crippen LogP contribution is -2.25. The molecule has 5 nitrogen and oxygen atoms in total. The summed E-state index contributed by atoms with van der Waals surface area (Å²) in [5, 5.41) is 8.67. The Bertz CT molecular complexity index is 523. The van der Waals surface area contributed by atoms with Gasteiger partial charge in [-0.25, -0.2) is 4.79 Å². The van der Waals surface area contributed by atoms with Gasteiger partial charge in [-0.1, -0.05) is 12.1 Å². The number of rotatable bonds is 2. The van der Waals surface area contributed by atoms with E-state index in [1.54, 1.807) is 0 Å². The Hall–Kier alpha value is -2.38. The molecular formula is C10H7F3N2O3. The highest BCUT2D eigenvalue weighted by Gasteiger charge is 2.38. The van der Waals surface area contributed by atoms with Crippen LogP contribution in [0.4, 0.5) is 13.2 Å². The van der Waals surface area contributed by atoms with Crippen molar-refractivity contribution in [2.24, 2.45) is 10.7 Å². The fourth-order valence-corrected chi connectivity index (χ4v) is 1.05. The van der Waals surface area contributed by atoms with E-state index < -0.39 is 23.9 Å². The second kappa shape index (κ2) is 4.86. The Balaban J connectivity index is 3.08. The van der Waals surface area contributed by atoms with Gasteiger partial charge in [0.25, 0.3) is 0 Å². The molecule has 0 spiro atoms. The van der Waals surface area contributed by atoms with Crippen LogP contribution >= 0.6 is 0 Å². The van der Waals surface area contributed by atoms with Crippen LogP contribution in [0.3, 0.4) is 0 Å². The van der Waals surface area contributed by atoms with Gasteiger partial charge in [-0.15, -0.1) is 0 Å². The lowest BCUT2D eigenvalue weighted by molar-refractivity contribution is -0.169. The van der Waals surface area contributed by atoms with Gasteiger partial charge in [-0.3, -0.25) is 4.79 Å². The quantitative estimate of drug-likeness (QED) is 0.616. The van der Waals surface area contributed by atoms with Crippen molar-refractivity contribution in [1.29, 1.82) is 0 Å². The predicted molar refractivity (Wildman–Crippen MR) is 55.2 cm³/mol. The van der Waals surface area contributed by atoms with Crippen LogP contribution in [0.5, 0.6) is 0 Å². The maximum absolute atomic E-state index is 11.9. The maximum Gasteiger partial charge on any atom is 0.473 e. The van der Waals surface area contributed by atoms with Crippen LogP contribution in [0.15, 0.2) is 29.3 Å². The number of carboxylic acids is 1. The molecule has 0 heterocycles. The van der Waals surface area contributed by atoms with Gasteiger partial charge >= 0.3 is 18.1 Å². The SMILES string of the molecule is NC(=NC(=O)C(F)(F)F)c1cccc(C(=O)O)c1. The fourth-order valence-electron chi connectivity index (χ4n) is 1.05. The van der Waals surface area contributed by atoms with Gasteiger partial charge < -0.3 is 10.8 Å². The molecule has 0 saturated carbocycles. The highest BCUT2D eigenvalue weighted by atomic mass is 19.4. The van der Waals surface area contributed by atoms with Crippen molar-refractivity contribution in [2.45, 2.75) is 6.18 Å². The molecule has 0 unspecified atom stereocenters. The van der Waals surface area contributed by atoms with Crippen molar-refractivity contribution in [2.75, 3.05) is 0 Å². The summed E-state index contributed by atoms with van der Waals surface area (Å²) < 4.78 is 35.8. The molecule has 0 atom stereocenters. The van der Waals surface area contributed by atoms with E-state index in [-0.39, 0.29) is 11.1 Å². The predicted octanol–water partition coefficient (Wildman–Crippen LogP) is 1.18. The summed E-state index contributed by atoms with van der Waals surface area (Å²) in [6.07, 6.45) is -5.12. The molecule has 1 rings (SSSR count). The van der Waals surface area contributed by atoms with Crippen LogP contribution in [0.2, 0.25) is 0 Å². The van der Waals surface area contributed by atoms with E-state index in [9.17, 15) is 22.8 Å². The van der Waals surface area contributed by atoms with Gasteiger partial charge in [0, 0.05) is 5.56 Å². The molecule has 0 fully saturated rings. The van der Waals surface area contributed by atoms with Crippen LogP contribution in [-0.2, 0) is 4.79 Å². The molecule has 96 valence electrons. The molecule has 0 aliphatic rings. The van der Waals surface area contributed by atoms with Gasteiger partial charge in [0.2, 0.25) is 0 Å². The minimum atomic E-state index is -5.12. The first kappa shape index (κ1) is 13.7. The second-order valence-electron chi connectivity index (χ2n) is 3.19. The fraction of sp³-hybridized carbons (Fsp3) is 0.100. The van der Waals surface area contributed by atoms with Gasteiger partial charge in [-0.2, -0.15) is 18.2 Å². The number of hydrogen-bond acceptors (Lipinski definition) is 2. The number of nitrogens with zero attached hydrogens (tertiary/aromatic N) is 1. The van der Waals surface area contributed by atoms with Crippen molar-refractivity contribution in [3.8, 4) is 0 Å². The van der Waals surface area contributed by atoms with E-state index in [0.717, 1.165) is 6.07 Å². The molecule has 0 radical (unpaired) electrons. The number of carbonyl (C=O) groups excluding carboxylic acids is 1. The summed E-state index contributed by atoms with van der Waals surface area (Å²) >= 11 is 0.